The standard InChI is InChI=1S/C17H22N2O4S/c1-17(2,3)6-5-11-9-12(14(24-11)16(21)22)18-13-10-23-8-7-19(4)15(13)20/h9,13,18H,7-8,10H2,1-4H3,(H,21,22). The van der Waals surface area contributed by atoms with Gasteiger partial charge in [-0.25, -0.2) is 4.79 Å². The number of thiophene rings is 1. The van der Waals surface area contributed by atoms with Crippen LogP contribution in [0, 0.1) is 17.3 Å². The second-order valence-electron chi connectivity index (χ2n) is 6.69. The molecule has 1 amide bonds. The predicted octanol–water partition coefficient (Wildman–Crippen LogP) is 2.11. The number of hydrogen-bond acceptors (Lipinski definition) is 5. The number of hydrogen-bond donors (Lipinski definition) is 2. The van der Waals surface area contributed by atoms with Crippen molar-refractivity contribution in [3.05, 3.63) is 15.8 Å². The van der Waals surface area contributed by atoms with E-state index in [1.165, 1.54) is 0 Å². The number of rotatable bonds is 3. The number of carbonyl (C=O) groups is 2. The fraction of sp³-hybridized carbons (Fsp3) is 0.529. The van der Waals surface area contributed by atoms with E-state index < -0.39 is 12.0 Å². The van der Waals surface area contributed by atoms with E-state index in [-0.39, 0.29) is 22.8 Å². The maximum absolute atomic E-state index is 12.3. The van der Waals surface area contributed by atoms with Crippen LogP contribution in [0.5, 0.6) is 0 Å². The van der Waals surface area contributed by atoms with Crippen molar-refractivity contribution in [1.82, 2.24) is 4.90 Å². The largest absolute Gasteiger partial charge is 0.477 e. The molecule has 1 unspecified atom stereocenters. The molecule has 130 valence electrons. The summed E-state index contributed by atoms with van der Waals surface area (Å²) in [5, 5.41) is 12.4. The van der Waals surface area contributed by atoms with Gasteiger partial charge in [0.1, 0.15) is 10.9 Å². The van der Waals surface area contributed by atoms with Crippen LogP contribution in [0.25, 0.3) is 0 Å². The lowest BCUT2D eigenvalue weighted by atomic mass is 9.98. The minimum atomic E-state index is -1.04. The first-order valence-electron chi connectivity index (χ1n) is 7.67. The molecule has 7 heteroatoms. The molecule has 0 aromatic carbocycles. The van der Waals surface area contributed by atoms with Gasteiger partial charge in [0.15, 0.2) is 0 Å². The zero-order valence-electron chi connectivity index (χ0n) is 14.3. The van der Waals surface area contributed by atoms with Gasteiger partial charge in [-0.3, -0.25) is 4.79 Å². The number of nitrogens with one attached hydrogen (secondary N) is 1. The first kappa shape index (κ1) is 18.3. The Hall–Kier alpha value is -2.04. The molecule has 1 aliphatic heterocycles. The molecule has 2 heterocycles. The minimum absolute atomic E-state index is 0.114. The van der Waals surface area contributed by atoms with Crippen LogP contribution in [-0.4, -0.2) is 54.7 Å². The number of nitrogens with zero attached hydrogens (tertiary/aromatic N) is 1. The van der Waals surface area contributed by atoms with E-state index in [1.54, 1.807) is 18.0 Å². The SMILES string of the molecule is CN1CCOCC(Nc2cc(C#CC(C)(C)C)sc2C(=O)O)C1=O. The molecule has 1 saturated heterocycles. The predicted molar refractivity (Wildman–Crippen MR) is 93.5 cm³/mol. The summed E-state index contributed by atoms with van der Waals surface area (Å²) in [6.07, 6.45) is 0. The van der Waals surface area contributed by atoms with Gasteiger partial charge in [0.25, 0.3) is 0 Å². The molecular formula is C17H22N2O4S. The summed E-state index contributed by atoms with van der Waals surface area (Å²) < 4.78 is 5.42. The number of carbonyl (C=O) groups excluding carboxylic acids is 1. The van der Waals surface area contributed by atoms with Crippen LogP contribution in [0.15, 0.2) is 6.07 Å². The van der Waals surface area contributed by atoms with E-state index in [1.807, 2.05) is 20.8 Å². The van der Waals surface area contributed by atoms with Crippen LogP contribution < -0.4 is 5.32 Å². The van der Waals surface area contributed by atoms with Gasteiger partial charge in [-0.2, -0.15) is 0 Å². The monoisotopic (exact) mass is 350 g/mol. The summed E-state index contributed by atoms with van der Waals surface area (Å²) in [5.41, 5.74) is 0.234. The molecule has 24 heavy (non-hydrogen) atoms. The van der Waals surface area contributed by atoms with Crippen LogP contribution in [0.2, 0.25) is 0 Å². The van der Waals surface area contributed by atoms with Crippen LogP contribution in [0.1, 0.15) is 35.3 Å². The molecule has 1 aromatic rings. The van der Waals surface area contributed by atoms with Crippen LogP contribution >= 0.6 is 11.3 Å². The molecule has 0 saturated carbocycles. The molecule has 0 bridgehead atoms. The molecule has 1 aromatic heterocycles. The van der Waals surface area contributed by atoms with Crippen LogP contribution in [0.4, 0.5) is 5.69 Å². The summed E-state index contributed by atoms with van der Waals surface area (Å²) in [4.78, 5) is 26.2. The smallest absolute Gasteiger partial charge is 0.348 e. The van der Waals surface area contributed by atoms with Crippen molar-refractivity contribution in [1.29, 1.82) is 0 Å². The summed E-state index contributed by atoms with van der Waals surface area (Å²) in [6.45, 7) is 7.17. The zero-order chi connectivity index (χ0) is 17.9. The topological polar surface area (TPSA) is 78.9 Å². The van der Waals surface area contributed by atoms with Crippen molar-refractivity contribution in [2.24, 2.45) is 5.41 Å². The van der Waals surface area contributed by atoms with Gasteiger partial charge in [0.05, 0.1) is 23.8 Å². The van der Waals surface area contributed by atoms with Crippen molar-refractivity contribution >= 4 is 28.9 Å². The second kappa shape index (κ2) is 7.24. The number of carboxylic acid groups (broad SMARTS) is 1. The second-order valence-corrected chi connectivity index (χ2v) is 7.74. The van der Waals surface area contributed by atoms with Gasteiger partial charge >= 0.3 is 5.97 Å². The Morgan fingerprint density at radius 3 is 2.83 bits per heavy atom. The normalized spacial score (nSPS) is 18.6. The molecule has 2 rings (SSSR count). The third kappa shape index (κ3) is 4.73. The summed E-state index contributed by atoms with van der Waals surface area (Å²) >= 11 is 1.10. The number of amides is 1. The van der Waals surface area contributed by atoms with E-state index in [9.17, 15) is 14.7 Å². The van der Waals surface area contributed by atoms with Gasteiger partial charge in [-0.05, 0) is 26.8 Å². The number of ether oxygens (including phenoxy) is 1. The van der Waals surface area contributed by atoms with Crippen molar-refractivity contribution in [3.8, 4) is 11.8 Å². The number of carboxylic acids is 1. The molecule has 2 N–H and O–H groups in total. The van der Waals surface area contributed by atoms with Crippen molar-refractivity contribution in [3.63, 3.8) is 0 Å². The number of aromatic carboxylic acids is 1. The Labute approximate surface area is 145 Å². The van der Waals surface area contributed by atoms with E-state index >= 15 is 0 Å². The van der Waals surface area contributed by atoms with E-state index in [0.717, 1.165) is 11.3 Å². The number of anilines is 1. The highest BCUT2D eigenvalue weighted by Gasteiger charge is 2.27. The Morgan fingerprint density at radius 1 is 1.50 bits per heavy atom. The Balaban J connectivity index is 2.28. The minimum Gasteiger partial charge on any atom is -0.477 e. The van der Waals surface area contributed by atoms with Gasteiger partial charge in [-0.15, -0.1) is 11.3 Å². The Morgan fingerprint density at radius 2 is 2.21 bits per heavy atom. The fourth-order valence-corrected chi connectivity index (χ4v) is 2.92. The van der Waals surface area contributed by atoms with Gasteiger partial charge in [0.2, 0.25) is 5.91 Å². The molecular weight excluding hydrogens is 328 g/mol. The van der Waals surface area contributed by atoms with E-state index in [0.29, 0.717) is 23.7 Å². The van der Waals surface area contributed by atoms with Crippen LogP contribution in [0.3, 0.4) is 0 Å². The Kier molecular flexibility index (Phi) is 5.52. The van der Waals surface area contributed by atoms with Crippen molar-refractivity contribution < 1.29 is 19.4 Å². The van der Waals surface area contributed by atoms with E-state index in [2.05, 4.69) is 17.2 Å². The first-order valence-corrected chi connectivity index (χ1v) is 8.48. The fourth-order valence-electron chi connectivity index (χ4n) is 2.11. The van der Waals surface area contributed by atoms with Gasteiger partial charge < -0.3 is 20.1 Å². The highest BCUT2D eigenvalue weighted by Crippen LogP contribution is 2.28. The highest BCUT2D eigenvalue weighted by atomic mass is 32.1. The zero-order valence-corrected chi connectivity index (χ0v) is 15.1. The maximum Gasteiger partial charge on any atom is 0.348 e. The summed E-state index contributed by atoms with van der Waals surface area (Å²) in [7, 11) is 1.71. The molecule has 1 fully saturated rings. The Bertz CT molecular complexity index is 694. The molecule has 0 spiro atoms. The average molecular weight is 350 g/mol. The maximum atomic E-state index is 12.3. The quantitative estimate of drug-likeness (QED) is 0.817. The summed E-state index contributed by atoms with van der Waals surface area (Å²) in [5.74, 6) is 4.94. The molecule has 6 nitrogen and oxygen atoms in total. The lowest BCUT2D eigenvalue weighted by Gasteiger charge is -2.20. The third-order valence-corrected chi connectivity index (χ3v) is 4.39. The average Bonchev–Trinajstić information content (AvgIpc) is 2.82. The third-order valence-electron chi connectivity index (χ3n) is 3.35. The van der Waals surface area contributed by atoms with Gasteiger partial charge in [-0.1, -0.05) is 11.8 Å². The van der Waals surface area contributed by atoms with Gasteiger partial charge in [0, 0.05) is 19.0 Å². The lowest BCUT2D eigenvalue weighted by molar-refractivity contribution is -0.129. The van der Waals surface area contributed by atoms with Crippen molar-refractivity contribution in [2.45, 2.75) is 26.8 Å². The molecule has 0 radical (unpaired) electrons. The summed E-state index contributed by atoms with van der Waals surface area (Å²) in [6, 6.07) is 1.08. The molecule has 0 aliphatic carbocycles. The van der Waals surface area contributed by atoms with E-state index in [4.69, 9.17) is 4.74 Å². The first-order chi connectivity index (χ1) is 11.2. The molecule has 1 atom stereocenters. The van der Waals surface area contributed by atoms with Crippen molar-refractivity contribution in [2.75, 3.05) is 32.1 Å². The number of likely N-dealkylation sites (N-methyl/N-ethyl adjacent to an activating group) is 1. The highest BCUT2D eigenvalue weighted by molar-refractivity contribution is 7.15. The van der Waals surface area contributed by atoms with Crippen LogP contribution in [-0.2, 0) is 9.53 Å². The molecule has 1 aliphatic rings. The lowest BCUT2D eigenvalue weighted by Crippen LogP contribution is -2.41.